The standard InChI is InChI=1S/C20H27N5O3/c26-19(4-3-18-22-20(23-28-18)17-2-1-7-21-14-17)25-8-5-16(6-9-25)15-24-10-12-27-13-11-24/h1-2,7,14,16H,3-6,8-13,15H2. The molecule has 0 N–H and O–H groups in total. The maximum Gasteiger partial charge on any atom is 0.227 e. The van der Waals surface area contributed by atoms with Crippen LogP contribution in [0, 0.1) is 5.92 Å². The van der Waals surface area contributed by atoms with E-state index in [0.717, 1.165) is 64.3 Å². The van der Waals surface area contributed by atoms with Crippen LogP contribution in [-0.4, -0.2) is 76.8 Å². The highest BCUT2D eigenvalue weighted by atomic mass is 16.5. The van der Waals surface area contributed by atoms with Crippen LogP contribution in [0.5, 0.6) is 0 Å². The predicted octanol–water partition coefficient (Wildman–Crippen LogP) is 1.64. The second-order valence-corrected chi connectivity index (χ2v) is 7.49. The van der Waals surface area contributed by atoms with Crippen molar-refractivity contribution >= 4 is 5.91 Å². The van der Waals surface area contributed by atoms with E-state index in [1.165, 1.54) is 0 Å². The van der Waals surface area contributed by atoms with E-state index in [0.29, 0.717) is 30.5 Å². The van der Waals surface area contributed by atoms with E-state index in [4.69, 9.17) is 9.26 Å². The lowest BCUT2D eigenvalue weighted by Gasteiger charge is -2.36. The lowest BCUT2D eigenvalue weighted by Crippen LogP contribution is -2.44. The van der Waals surface area contributed by atoms with Crippen LogP contribution in [0.25, 0.3) is 11.4 Å². The third kappa shape index (κ3) is 4.94. The summed E-state index contributed by atoms with van der Waals surface area (Å²) in [5.41, 5.74) is 0.811. The van der Waals surface area contributed by atoms with Crippen molar-refractivity contribution in [2.75, 3.05) is 45.9 Å². The SMILES string of the molecule is O=C(CCc1nc(-c2cccnc2)no1)N1CCC(CN2CCOCC2)CC1. The van der Waals surface area contributed by atoms with E-state index in [1.807, 2.05) is 17.0 Å². The van der Waals surface area contributed by atoms with Crippen LogP contribution in [0.3, 0.4) is 0 Å². The largest absolute Gasteiger partial charge is 0.379 e. The van der Waals surface area contributed by atoms with Crippen molar-refractivity contribution in [3.8, 4) is 11.4 Å². The fourth-order valence-electron chi connectivity index (χ4n) is 3.85. The van der Waals surface area contributed by atoms with Gasteiger partial charge in [-0.05, 0) is 30.9 Å². The van der Waals surface area contributed by atoms with Crippen LogP contribution in [-0.2, 0) is 16.0 Å². The van der Waals surface area contributed by atoms with Crippen molar-refractivity contribution in [2.24, 2.45) is 5.92 Å². The molecule has 2 aromatic rings. The second kappa shape index (κ2) is 9.25. The van der Waals surface area contributed by atoms with Crippen molar-refractivity contribution in [3.63, 3.8) is 0 Å². The van der Waals surface area contributed by atoms with Gasteiger partial charge in [0.15, 0.2) is 0 Å². The summed E-state index contributed by atoms with van der Waals surface area (Å²) in [4.78, 5) is 25.4. The molecule has 2 fully saturated rings. The first-order valence-electron chi connectivity index (χ1n) is 10.1. The molecule has 0 radical (unpaired) electrons. The average Bonchev–Trinajstić information content (AvgIpc) is 3.23. The number of carbonyl (C=O) groups excluding carboxylic acids is 1. The predicted molar refractivity (Wildman–Crippen MR) is 102 cm³/mol. The molecule has 0 atom stereocenters. The lowest BCUT2D eigenvalue weighted by atomic mass is 9.95. The zero-order valence-electron chi connectivity index (χ0n) is 16.1. The highest BCUT2D eigenvalue weighted by Crippen LogP contribution is 2.20. The van der Waals surface area contributed by atoms with Crippen molar-refractivity contribution in [1.82, 2.24) is 24.9 Å². The van der Waals surface area contributed by atoms with Crippen molar-refractivity contribution in [1.29, 1.82) is 0 Å². The number of ether oxygens (including phenoxy) is 1. The van der Waals surface area contributed by atoms with Crippen LogP contribution < -0.4 is 0 Å². The number of hydrogen-bond acceptors (Lipinski definition) is 7. The molecule has 2 aliphatic rings. The summed E-state index contributed by atoms with van der Waals surface area (Å²) in [6.45, 7) is 6.57. The monoisotopic (exact) mass is 385 g/mol. The summed E-state index contributed by atoms with van der Waals surface area (Å²) >= 11 is 0. The summed E-state index contributed by atoms with van der Waals surface area (Å²) < 4.78 is 10.7. The van der Waals surface area contributed by atoms with Crippen molar-refractivity contribution < 1.29 is 14.1 Å². The molecule has 8 nitrogen and oxygen atoms in total. The molecule has 0 spiro atoms. The summed E-state index contributed by atoms with van der Waals surface area (Å²) in [6.07, 6.45) is 6.43. The number of piperidine rings is 1. The molecule has 0 aliphatic carbocycles. The van der Waals surface area contributed by atoms with Gasteiger partial charge in [-0.25, -0.2) is 0 Å². The smallest absolute Gasteiger partial charge is 0.227 e. The molecule has 28 heavy (non-hydrogen) atoms. The topological polar surface area (TPSA) is 84.6 Å². The molecule has 2 saturated heterocycles. The van der Waals surface area contributed by atoms with Crippen LogP contribution in [0.4, 0.5) is 0 Å². The van der Waals surface area contributed by atoms with E-state index in [-0.39, 0.29) is 5.91 Å². The lowest BCUT2D eigenvalue weighted by molar-refractivity contribution is -0.132. The molecule has 1 amide bonds. The number of aromatic nitrogens is 3. The third-order valence-corrected chi connectivity index (χ3v) is 5.53. The first-order valence-corrected chi connectivity index (χ1v) is 10.1. The van der Waals surface area contributed by atoms with Crippen LogP contribution in [0.2, 0.25) is 0 Å². The number of hydrogen-bond donors (Lipinski definition) is 0. The highest BCUT2D eigenvalue weighted by Gasteiger charge is 2.25. The van der Waals surface area contributed by atoms with E-state index < -0.39 is 0 Å². The molecule has 4 rings (SSSR count). The van der Waals surface area contributed by atoms with E-state index >= 15 is 0 Å². The number of morpholine rings is 1. The summed E-state index contributed by atoms with van der Waals surface area (Å²) in [6, 6.07) is 3.71. The molecule has 2 aromatic heterocycles. The Morgan fingerprint density at radius 1 is 1.18 bits per heavy atom. The van der Waals surface area contributed by atoms with Gasteiger partial charge in [0.05, 0.1) is 13.2 Å². The van der Waals surface area contributed by atoms with Crippen molar-refractivity contribution in [3.05, 3.63) is 30.4 Å². The van der Waals surface area contributed by atoms with Crippen LogP contribution >= 0.6 is 0 Å². The highest BCUT2D eigenvalue weighted by molar-refractivity contribution is 5.76. The number of carbonyl (C=O) groups is 1. The molecule has 0 bridgehead atoms. The van der Waals surface area contributed by atoms with Gasteiger partial charge >= 0.3 is 0 Å². The Hall–Kier alpha value is -2.32. The van der Waals surface area contributed by atoms with Crippen LogP contribution in [0.15, 0.2) is 29.0 Å². The molecular formula is C20H27N5O3. The number of amides is 1. The van der Waals surface area contributed by atoms with Gasteiger partial charge in [-0.15, -0.1) is 0 Å². The van der Waals surface area contributed by atoms with Gasteiger partial charge in [-0.1, -0.05) is 5.16 Å². The number of rotatable bonds is 6. The third-order valence-electron chi connectivity index (χ3n) is 5.53. The first-order chi connectivity index (χ1) is 13.8. The quantitative estimate of drug-likeness (QED) is 0.747. The minimum absolute atomic E-state index is 0.172. The maximum atomic E-state index is 12.5. The first kappa shape index (κ1) is 19.0. The Balaban J connectivity index is 1.20. The molecule has 150 valence electrons. The zero-order chi connectivity index (χ0) is 19.2. The number of nitrogens with zero attached hydrogens (tertiary/aromatic N) is 5. The normalized spacial score (nSPS) is 19.1. The van der Waals surface area contributed by atoms with Gasteiger partial charge in [0.25, 0.3) is 0 Å². The van der Waals surface area contributed by atoms with Gasteiger partial charge in [0.2, 0.25) is 17.6 Å². The Morgan fingerprint density at radius 2 is 2.00 bits per heavy atom. The molecule has 0 aromatic carbocycles. The number of aryl methyl sites for hydroxylation is 1. The van der Waals surface area contributed by atoms with Gasteiger partial charge in [-0.3, -0.25) is 14.7 Å². The van der Waals surface area contributed by atoms with Crippen molar-refractivity contribution in [2.45, 2.75) is 25.7 Å². The Kier molecular flexibility index (Phi) is 6.28. The molecule has 2 aliphatic heterocycles. The fourth-order valence-corrected chi connectivity index (χ4v) is 3.85. The minimum atomic E-state index is 0.172. The molecule has 8 heteroatoms. The summed E-state index contributed by atoms with van der Waals surface area (Å²) in [7, 11) is 0. The van der Waals surface area contributed by atoms with Gasteiger partial charge in [0.1, 0.15) is 0 Å². The number of likely N-dealkylation sites (tertiary alicyclic amines) is 1. The molecule has 0 saturated carbocycles. The maximum absolute atomic E-state index is 12.5. The zero-order valence-corrected chi connectivity index (χ0v) is 16.1. The average molecular weight is 385 g/mol. The molecule has 4 heterocycles. The van der Waals surface area contributed by atoms with Gasteiger partial charge in [-0.2, -0.15) is 4.98 Å². The summed E-state index contributed by atoms with van der Waals surface area (Å²) in [5, 5.41) is 3.98. The fraction of sp³-hybridized carbons (Fsp3) is 0.600. The van der Waals surface area contributed by atoms with Gasteiger partial charge in [0, 0.05) is 63.5 Å². The van der Waals surface area contributed by atoms with Crippen LogP contribution in [0.1, 0.15) is 25.2 Å². The number of pyridine rings is 1. The summed E-state index contributed by atoms with van der Waals surface area (Å²) in [5.74, 6) is 1.86. The molecule has 0 unspecified atom stereocenters. The Bertz CT molecular complexity index is 752. The molecular weight excluding hydrogens is 358 g/mol. The Morgan fingerprint density at radius 3 is 2.75 bits per heavy atom. The van der Waals surface area contributed by atoms with E-state index in [2.05, 4.69) is 20.0 Å². The second-order valence-electron chi connectivity index (χ2n) is 7.49. The van der Waals surface area contributed by atoms with E-state index in [1.54, 1.807) is 12.4 Å². The Labute approximate surface area is 164 Å². The van der Waals surface area contributed by atoms with E-state index in [9.17, 15) is 4.79 Å². The minimum Gasteiger partial charge on any atom is -0.379 e. The van der Waals surface area contributed by atoms with Gasteiger partial charge < -0.3 is 14.2 Å².